The maximum absolute atomic E-state index is 11.6. The molecule has 0 bridgehead atoms. The number of benzene rings is 1. The average Bonchev–Trinajstić information content (AvgIpc) is 3.04. The Morgan fingerprint density at radius 3 is 2.62 bits per heavy atom. The van der Waals surface area contributed by atoms with Crippen LogP contribution < -0.4 is 11.1 Å². The second kappa shape index (κ2) is 4.85. The van der Waals surface area contributed by atoms with Crippen molar-refractivity contribution in [1.29, 1.82) is 0 Å². The molecule has 1 aliphatic carbocycles. The van der Waals surface area contributed by atoms with E-state index in [1.54, 1.807) is 24.3 Å². The van der Waals surface area contributed by atoms with E-state index in [9.17, 15) is 4.79 Å². The largest absolute Gasteiger partial charge is 0.327 e. The number of halogens is 1. The molecule has 1 unspecified atom stereocenters. The SMILES string of the molecule is NC(CC(=O)Nc1ccc(Cl)cc1)C1CC1. The minimum Gasteiger partial charge on any atom is -0.327 e. The fourth-order valence-corrected chi connectivity index (χ4v) is 1.78. The van der Waals surface area contributed by atoms with Crippen molar-refractivity contribution < 1.29 is 4.79 Å². The van der Waals surface area contributed by atoms with E-state index in [1.807, 2.05) is 0 Å². The molecule has 4 heteroatoms. The third kappa shape index (κ3) is 3.22. The summed E-state index contributed by atoms with van der Waals surface area (Å²) in [6.07, 6.45) is 2.72. The normalized spacial score (nSPS) is 16.9. The van der Waals surface area contributed by atoms with Gasteiger partial charge in [-0.25, -0.2) is 0 Å². The number of amides is 1. The van der Waals surface area contributed by atoms with Crippen molar-refractivity contribution >= 4 is 23.2 Å². The summed E-state index contributed by atoms with van der Waals surface area (Å²) in [5.74, 6) is 0.526. The highest BCUT2D eigenvalue weighted by atomic mass is 35.5. The van der Waals surface area contributed by atoms with Crippen LogP contribution in [0.4, 0.5) is 5.69 Å². The summed E-state index contributed by atoms with van der Waals surface area (Å²) in [6, 6.07) is 7.06. The van der Waals surface area contributed by atoms with Crippen molar-refractivity contribution in [2.75, 3.05) is 5.32 Å². The zero-order valence-corrected chi connectivity index (χ0v) is 9.70. The number of hydrogen-bond acceptors (Lipinski definition) is 2. The van der Waals surface area contributed by atoms with Crippen LogP contribution in [0.2, 0.25) is 5.02 Å². The Kier molecular flexibility index (Phi) is 3.46. The number of anilines is 1. The van der Waals surface area contributed by atoms with Gasteiger partial charge in [-0.2, -0.15) is 0 Å². The van der Waals surface area contributed by atoms with Crippen molar-refractivity contribution in [3.05, 3.63) is 29.3 Å². The number of rotatable bonds is 4. The average molecular weight is 239 g/mol. The maximum Gasteiger partial charge on any atom is 0.225 e. The van der Waals surface area contributed by atoms with Gasteiger partial charge in [0.15, 0.2) is 0 Å². The molecule has 0 spiro atoms. The Balaban J connectivity index is 1.84. The molecule has 0 aromatic heterocycles. The number of carbonyl (C=O) groups is 1. The van der Waals surface area contributed by atoms with Gasteiger partial charge in [0.1, 0.15) is 0 Å². The molecule has 1 amide bonds. The minimum atomic E-state index is -0.0262. The lowest BCUT2D eigenvalue weighted by molar-refractivity contribution is -0.116. The van der Waals surface area contributed by atoms with E-state index in [0.717, 1.165) is 18.5 Å². The van der Waals surface area contributed by atoms with Gasteiger partial charge < -0.3 is 11.1 Å². The quantitative estimate of drug-likeness (QED) is 0.847. The molecule has 2 rings (SSSR count). The van der Waals surface area contributed by atoms with Crippen molar-refractivity contribution in [1.82, 2.24) is 0 Å². The number of hydrogen-bond donors (Lipinski definition) is 2. The first-order valence-electron chi connectivity index (χ1n) is 5.46. The molecule has 1 atom stereocenters. The standard InChI is InChI=1S/C12H15ClN2O/c13-9-3-5-10(6-4-9)15-12(16)7-11(14)8-1-2-8/h3-6,8,11H,1-2,7,14H2,(H,15,16). The van der Waals surface area contributed by atoms with Crippen molar-refractivity contribution in [2.45, 2.75) is 25.3 Å². The first kappa shape index (κ1) is 11.4. The predicted molar refractivity (Wildman–Crippen MR) is 65.4 cm³/mol. The summed E-state index contributed by atoms with van der Waals surface area (Å²) < 4.78 is 0. The molecule has 0 radical (unpaired) electrons. The fraction of sp³-hybridized carbons (Fsp3) is 0.417. The van der Waals surface area contributed by atoms with Crippen molar-refractivity contribution in [3.63, 3.8) is 0 Å². The van der Waals surface area contributed by atoms with Crippen LogP contribution in [-0.2, 0) is 4.79 Å². The minimum absolute atomic E-state index is 0.00676. The third-order valence-corrected chi connectivity index (χ3v) is 3.03. The van der Waals surface area contributed by atoms with Crippen LogP contribution in [-0.4, -0.2) is 11.9 Å². The number of nitrogens with one attached hydrogen (secondary N) is 1. The molecular weight excluding hydrogens is 224 g/mol. The van der Waals surface area contributed by atoms with E-state index >= 15 is 0 Å². The topological polar surface area (TPSA) is 55.1 Å². The summed E-state index contributed by atoms with van der Waals surface area (Å²) in [4.78, 5) is 11.6. The Morgan fingerprint density at radius 2 is 2.06 bits per heavy atom. The van der Waals surface area contributed by atoms with Crippen LogP contribution >= 0.6 is 11.6 Å². The Bertz CT molecular complexity index is 373. The van der Waals surface area contributed by atoms with Crippen LogP contribution in [0.5, 0.6) is 0 Å². The number of carbonyl (C=O) groups excluding carboxylic acids is 1. The second-order valence-corrected chi connectivity index (χ2v) is 4.70. The summed E-state index contributed by atoms with van der Waals surface area (Å²) >= 11 is 5.75. The molecule has 3 N–H and O–H groups in total. The summed E-state index contributed by atoms with van der Waals surface area (Å²) in [5.41, 5.74) is 6.64. The van der Waals surface area contributed by atoms with E-state index < -0.39 is 0 Å². The van der Waals surface area contributed by atoms with Crippen LogP contribution in [0.15, 0.2) is 24.3 Å². The lowest BCUT2D eigenvalue weighted by Crippen LogP contribution is -2.28. The molecule has 1 aromatic carbocycles. The van der Waals surface area contributed by atoms with Crippen LogP contribution in [0, 0.1) is 5.92 Å². The van der Waals surface area contributed by atoms with E-state index in [2.05, 4.69) is 5.32 Å². The van der Waals surface area contributed by atoms with Gasteiger partial charge in [-0.1, -0.05) is 11.6 Å². The highest BCUT2D eigenvalue weighted by Gasteiger charge is 2.29. The second-order valence-electron chi connectivity index (χ2n) is 4.26. The van der Waals surface area contributed by atoms with Crippen LogP contribution in [0.3, 0.4) is 0 Å². The molecule has 1 aromatic rings. The fourth-order valence-electron chi connectivity index (χ4n) is 1.65. The molecular formula is C12H15ClN2O. The first-order valence-corrected chi connectivity index (χ1v) is 5.84. The van der Waals surface area contributed by atoms with E-state index in [1.165, 1.54) is 0 Å². The molecule has 0 heterocycles. The van der Waals surface area contributed by atoms with Gasteiger partial charge in [-0.05, 0) is 43.0 Å². The van der Waals surface area contributed by atoms with Gasteiger partial charge in [0.05, 0.1) is 0 Å². The van der Waals surface area contributed by atoms with Gasteiger partial charge in [0, 0.05) is 23.2 Å². The maximum atomic E-state index is 11.6. The molecule has 0 saturated heterocycles. The molecule has 3 nitrogen and oxygen atoms in total. The zero-order valence-electron chi connectivity index (χ0n) is 8.95. The molecule has 1 aliphatic rings. The Labute approximate surface area is 100.0 Å². The lowest BCUT2D eigenvalue weighted by Gasteiger charge is -2.10. The highest BCUT2D eigenvalue weighted by Crippen LogP contribution is 2.32. The Morgan fingerprint density at radius 1 is 1.44 bits per heavy atom. The van der Waals surface area contributed by atoms with Crippen molar-refractivity contribution in [3.8, 4) is 0 Å². The smallest absolute Gasteiger partial charge is 0.225 e. The summed E-state index contributed by atoms with van der Waals surface area (Å²) in [6.45, 7) is 0. The van der Waals surface area contributed by atoms with E-state index in [4.69, 9.17) is 17.3 Å². The van der Waals surface area contributed by atoms with E-state index in [0.29, 0.717) is 17.4 Å². The highest BCUT2D eigenvalue weighted by molar-refractivity contribution is 6.30. The Hall–Kier alpha value is -1.06. The predicted octanol–water partition coefficient (Wildman–Crippen LogP) is 2.41. The molecule has 0 aliphatic heterocycles. The van der Waals surface area contributed by atoms with Crippen LogP contribution in [0.25, 0.3) is 0 Å². The summed E-state index contributed by atoms with van der Waals surface area (Å²) in [5, 5.41) is 3.46. The summed E-state index contributed by atoms with van der Waals surface area (Å²) in [7, 11) is 0. The zero-order chi connectivity index (χ0) is 11.5. The third-order valence-electron chi connectivity index (χ3n) is 2.78. The van der Waals surface area contributed by atoms with Gasteiger partial charge in [-0.15, -0.1) is 0 Å². The molecule has 1 saturated carbocycles. The first-order chi connectivity index (χ1) is 7.65. The molecule has 16 heavy (non-hydrogen) atoms. The van der Waals surface area contributed by atoms with Gasteiger partial charge >= 0.3 is 0 Å². The van der Waals surface area contributed by atoms with Crippen LogP contribution in [0.1, 0.15) is 19.3 Å². The monoisotopic (exact) mass is 238 g/mol. The van der Waals surface area contributed by atoms with Gasteiger partial charge in [0.2, 0.25) is 5.91 Å². The van der Waals surface area contributed by atoms with Gasteiger partial charge in [-0.3, -0.25) is 4.79 Å². The molecule has 1 fully saturated rings. The number of nitrogens with two attached hydrogens (primary N) is 1. The van der Waals surface area contributed by atoms with Gasteiger partial charge in [0.25, 0.3) is 0 Å². The molecule has 86 valence electrons. The lowest BCUT2D eigenvalue weighted by atomic mass is 10.1. The van der Waals surface area contributed by atoms with E-state index in [-0.39, 0.29) is 11.9 Å². The van der Waals surface area contributed by atoms with Crippen molar-refractivity contribution in [2.24, 2.45) is 11.7 Å².